The van der Waals surface area contributed by atoms with Gasteiger partial charge in [0.25, 0.3) is 0 Å². The van der Waals surface area contributed by atoms with E-state index in [1.165, 1.54) is 29.2 Å². The predicted molar refractivity (Wildman–Crippen MR) is 108 cm³/mol. The maximum Gasteiger partial charge on any atom is 0.231 e. The molecule has 0 spiro atoms. The number of aromatic nitrogens is 1. The Morgan fingerprint density at radius 3 is 2.82 bits per heavy atom. The van der Waals surface area contributed by atoms with Crippen LogP contribution < -0.4 is 9.47 Å². The minimum absolute atomic E-state index is 0.153. The maximum absolute atomic E-state index is 13.1. The van der Waals surface area contributed by atoms with Crippen molar-refractivity contribution in [3.8, 4) is 11.5 Å². The highest BCUT2D eigenvalue weighted by molar-refractivity contribution is 8.05. The summed E-state index contributed by atoms with van der Waals surface area (Å²) < 4.78 is 12.6. The number of ether oxygens (including phenoxy) is 2. The minimum atomic E-state index is -1.10. The fraction of sp³-hybridized carbons (Fsp3) is 0.190. The van der Waals surface area contributed by atoms with Crippen molar-refractivity contribution in [2.24, 2.45) is 5.41 Å². The molecule has 0 saturated carbocycles. The molecule has 2 aliphatic rings. The topological polar surface area (TPSA) is 65.5 Å². The van der Waals surface area contributed by atoms with Gasteiger partial charge in [0.05, 0.1) is 20.5 Å². The standard InChI is InChI=1S/C21H15NO4S2/c1-21(10-12-6-7-14-15(8-12)26-11-25-14)18(23)9-17(19(21)24)28-20-22-13-4-2-3-5-16(13)27-20/h2-9H,10-11H2,1H3/t21-/m1/s1. The second-order valence-electron chi connectivity index (χ2n) is 6.95. The van der Waals surface area contributed by atoms with Crippen molar-refractivity contribution in [1.29, 1.82) is 0 Å². The van der Waals surface area contributed by atoms with Crippen LogP contribution >= 0.6 is 23.1 Å². The second kappa shape index (κ2) is 6.46. The van der Waals surface area contributed by atoms with Gasteiger partial charge in [-0.15, -0.1) is 11.3 Å². The first-order valence-electron chi connectivity index (χ1n) is 8.76. The van der Waals surface area contributed by atoms with Crippen molar-refractivity contribution in [2.75, 3.05) is 6.79 Å². The molecule has 5 rings (SSSR count). The van der Waals surface area contributed by atoms with Gasteiger partial charge in [-0.3, -0.25) is 9.59 Å². The highest BCUT2D eigenvalue weighted by Crippen LogP contribution is 2.44. The Morgan fingerprint density at radius 2 is 1.96 bits per heavy atom. The van der Waals surface area contributed by atoms with E-state index >= 15 is 0 Å². The number of thiazole rings is 1. The van der Waals surface area contributed by atoms with Crippen LogP contribution in [0.15, 0.2) is 57.8 Å². The van der Waals surface area contributed by atoms with Crippen LogP contribution in [0.25, 0.3) is 10.2 Å². The number of benzene rings is 2. The molecule has 2 aromatic carbocycles. The van der Waals surface area contributed by atoms with Crippen molar-refractivity contribution in [1.82, 2.24) is 4.98 Å². The molecule has 0 unspecified atom stereocenters. The molecule has 1 atom stereocenters. The van der Waals surface area contributed by atoms with Crippen LogP contribution in [0, 0.1) is 5.41 Å². The Balaban J connectivity index is 1.38. The number of rotatable bonds is 4. The summed E-state index contributed by atoms with van der Waals surface area (Å²) in [6.07, 6.45) is 1.79. The van der Waals surface area contributed by atoms with Crippen LogP contribution in [0.5, 0.6) is 11.5 Å². The number of carbonyl (C=O) groups is 2. The van der Waals surface area contributed by atoms with Crippen LogP contribution in [0.2, 0.25) is 0 Å². The largest absolute Gasteiger partial charge is 0.454 e. The fourth-order valence-electron chi connectivity index (χ4n) is 3.42. The number of hydrogen-bond acceptors (Lipinski definition) is 7. The fourth-order valence-corrected chi connectivity index (χ4v) is 5.64. The van der Waals surface area contributed by atoms with E-state index in [4.69, 9.17) is 9.47 Å². The normalized spacial score (nSPS) is 20.8. The van der Waals surface area contributed by atoms with Gasteiger partial charge < -0.3 is 9.47 Å². The number of nitrogens with zero attached hydrogens (tertiary/aromatic N) is 1. The first-order valence-corrected chi connectivity index (χ1v) is 10.4. The summed E-state index contributed by atoms with van der Waals surface area (Å²) >= 11 is 2.80. The first-order chi connectivity index (χ1) is 13.5. The maximum atomic E-state index is 13.1. The Labute approximate surface area is 169 Å². The summed E-state index contributed by atoms with van der Waals surface area (Å²) in [4.78, 5) is 30.8. The van der Waals surface area contributed by atoms with Gasteiger partial charge in [-0.25, -0.2) is 4.98 Å². The highest BCUT2D eigenvalue weighted by atomic mass is 32.2. The summed E-state index contributed by atoms with van der Waals surface area (Å²) in [5.74, 6) is 1.01. The van der Waals surface area contributed by atoms with E-state index in [1.807, 2.05) is 42.5 Å². The molecule has 1 aliphatic heterocycles. The van der Waals surface area contributed by atoms with Gasteiger partial charge in [0, 0.05) is 0 Å². The lowest BCUT2D eigenvalue weighted by Crippen LogP contribution is -2.33. The third-order valence-corrected chi connectivity index (χ3v) is 7.12. The van der Waals surface area contributed by atoms with Crippen LogP contribution in [-0.4, -0.2) is 23.3 Å². The van der Waals surface area contributed by atoms with E-state index in [0.717, 1.165) is 20.1 Å². The quantitative estimate of drug-likeness (QED) is 0.595. The zero-order valence-corrected chi connectivity index (χ0v) is 16.6. The molecular weight excluding hydrogens is 394 g/mol. The van der Waals surface area contributed by atoms with Crippen molar-refractivity contribution in [3.05, 3.63) is 59.0 Å². The van der Waals surface area contributed by atoms with Crippen molar-refractivity contribution >= 4 is 44.9 Å². The lowest BCUT2D eigenvalue weighted by Gasteiger charge is -2.21. The Kier molecular flexibility index (Phi) is 4.03. The smallest absolute Gasteiger partial charge is 0.231 e. The van der Waals surface area contributed by atoms with Gasteiger partial charge in [0.1, 0.15) is 0 Å². The second-order valence-corrected chi connectivity index (χ2v) is 9.27. The zero-order valence-electron chi connectivity index (χ0n) is 14.9. The van der Waals surface area contributed by atoms with E-state index < -0.39 is 5.41 Å². The molecule has 0 saturated heterocycles. The van der Waals surface area contributed by atoms with Gasteiger partial charge in [0.2, 0.25) is 6.79 Å². The van der Waals surface area contributed by atoms with E-state index in [2.05, 4.69) is 4.98 Å². The first kappa shape index (κ1) is 17.5. The van der Waals surface area contributed by atoms with Crippen LogP contribution in [0.1, 0.15) is 12.5 Å². The van der Waals surface area contributed by atoms with Gasteiger partial charge >= 0.3 is 0 Å². The molecule has 0 fully saturated rings. The molecule has 0 amide bonds. The lowest BCUT2D eigenvalue weighted by atomic mass is 9.79. The number of hydrogen-bond donors (Lipinski definition) is 0. The molecule has 28 heavy (non-hydrogen) atoms. The molecule has 1 aromatic heterocycles. The van der Waals surface area contributed by atoms with Gasteiger partial charge in [-0.05, 0) is 49.2 Å². The Hall–Kier alpha value is -2.64. The summed E-state index contributed by atoms with van der Waals surface area (Å²) in [6, 6.07) is 13.4. The molecule has 5 nitrogen and oxygen atoms in total. The number of allylic oxidation sites excluding steroid dienone is 2. The summed E-state index contributed by atoms with van der Waals surface area (Å²) in [5.41, 5.74) is 0.663. The average Bonchev–Trinajstić information content (AvgIpc) is 3.36. The SMILES string of the molecule is C[C@@]1(Cc2ccc3c(c2)OCO3)C(=O)C=C(Sc2nc3ccccc3s2)C1=O. The molecular formula is C21H15NO4S2. The van der Waals surface area contributed by atoms with Crippen LogP contribution in [0.4, 0.5) is 0 Å². The molecule has 140 valence electrons. The summed E-state index contributed by atoms with van der Waals surface area (Å²) in [6.45, 7) is 1.91. The zero-order chi connectivity index (χ0) is 19.3. The van der Waals surface area contributed by atoms with Gasteiger partial charge in [-0.1, -0.05) is 30.0 Å². The van der Waals surface area contributed by atoms with Crippen molar-refractivity contribution in [2.45, 2.75) is 17.7 Å². The third-order valence-electron chi connectivity index (χ3n) is 5.00. The van der Waals surface area contributed by atoms with E-state index in [9.17, 15) is 9.59 Å². The number of ketones is 2. The molecule has 3 aromatic rings. The number of para-hydroxylation sites is 1. The molecule has 0 N–H and O–H groups in total. The monoisotopic (exact) mass is 409 g/mol. The van der Waals surface area contributed by atoms with E-state index in [1.54, 1.807) is 6.92 Å². The number of Topliss-reactive ketones (excluding diaryl/α,β-unsaturated/α-hetero) is 1. The van der Waals surface area contributed by atoms with E-state index in [-0.39, 0.29) is 18.4 Å². The summed E-state index contributed by atoms with van der Waals surface area (Å²) in [7, 11) is 0. The predicted octanol–water partition coefficient (Wildman–Crippen LogP) is 4.40. The molecule has 0 radical (unpaired) electrons. The lowest BCUT2D eigenvalue weighted by molar-refractivity contribution is -0.132. The van der Waals surface area contributed by atoms with Crippen LogP contribution in [0.3, 0.4) is 0 Å². The minimum Gasteiger partial charge on any atom is -0.454 e. The van der Waals surface area contributed by atoms with Gasteiger partial charge in [0.15, 0.2) is 27.4 Å². The molecule has 7 heteroatoms. The number of fused-ring (bicyclic) bond motifs is 2. The third kappa shape index (κ3) is 2.82. The highest BCUT2D eigenvalue weighted by Gasteiger charge is 2.46. The molecule has 0 bridgehead atoms. The summed E-state index contributed by atoms with van der Waals surface area (Å²) in [5, 5.41) is 0. The Bertz CT molecular complexity index is 1130. The Morgan fingerprint density at radius 1 is 1.14 bits per heavy atom. The molecule has 1 aliphatic carbocycles. The van der Waals surface area contributed by atoms with Crippen molar-refractivity contribution < 1.29 is 19.1 Å². The number of carbonyl (C=O) groups excluding carboxylic acids is 2. The van der Waals surface area contributed by atoms with Gasteiger partial charge in [-0.2, -0.15) is 0 Å². The van der Waals surface area contributed by atoms with E-state index in [0.29, 0.717) is 22.8 Å². The average molecular weight is 409 g/mol. The molecule has 2 heterocycles. The van der Waals surface area contributed by atoms with Crippen LogP contribution in [-0.2, 0) is 16.0 Å². The van der Waals surface area contributed by atoms with Crippen molar-refractivity contribution in [3.63, 3.8) is 0 Å². The number of thioether (sulfide) groups is 1.